The molecule has 0 heterocycles. The van der Waals surface area contributed by atoms with Crippen LogP contribution >= 0.6 is 0 Å². The Hall–Kier alpha value is -1.55. The number of ether oxygens (including phenoxy) is 1. The highest BCUT2D eigenvalue weighted by Crippen LogP contribution is 2.18. The number of methoxy groups -OCH3 is 1. The predicted octanol–water partition coefficient (Wildman–Crippen LogP) is 0.579. The van der Waals surface area contributed by atoms with Gasteiger partial charge < -0.3 is 15.8 Å². The van der Waals surface area contributed by atoms with Gasteiger partial charge in [-0.3, -0.25) is 4.79 Å². The second-order valence-corrected chi connectivity index (χ2v) is 3.28. The van der Waals surface area contributed by atoms with Gasteiger partial charge in [0.1, 0.15) is 5.75 Å². The first kappa shape index (κ1) is 11.5. The van der Waals surface area contributed by atoms with Crippen molar-refractivity contribution < 1.29 is 9.53 Å². The molecular formula is C11H16N2O2. The molecular weight excluding hydrogens is 192 g/mol. The number of aryl methyl sites for hydroxylation is 1. The third-order valence-corrected chi connectivity index (χ3v) is 2.15. The summed E-state index contributed by atoms with van der Waals surface area (Å²) in [4.78, 5) is 10.9. The molecule has 0 spiro atoms. The van der Waals surface area contributed by atoms with E-state index in [2.05, 4.69) is 5.32 Å². The van der Waals surface area contributed by atoms with E-state index in [-0.39, 0.29) is 12.5 Å². The number of hydrogen-bond acceptors (Lipinski definition) is 3. The van der Waals surface area contributed by atoms with Crippen molar-refractivity contribution in [3.8, 4) is 5.75 Å². The predicted molar refractivity (Wildman–Crippen MR) is 58.6 cm³/mol. The SMILES string of the molecule is COc1cc(CNC(=O)CN)ccc1C. The molecule has 0 aromatic heterocycles. The molecule has 0 atom stereocenters. The van der Waals surface area contributed by atoms with E-state index in [1.807, 2.05) is 25.1 Å². The average Bonchev–Trinajstić information content (AvgIpc) is 2.27. The molecule has 1 aromatic rings. The molecule has 4 heteroatoms. The molecule has 1 aromatic carbocycles. The van der Waals surface area contributed by atoms with Gasteiger partial charge in [0, 0.05) is 6.54 Å². The minimum atomic E-state index is -0.158. The van der Waals surface area contributed by atoms with Crippen LogP contribution in [0, 0.1) is 6.92 Å². The zero-order valence-corrected chi connectivity index (χ0v) is 9.04. The zero-order chi connectivity index (χ0) is 11.3. The number of carbonyl (C=O) groups excluding carboxylic acids is 1. The molecule has 0 aliphatic rings. The molecule has 4 nitrogen and oxygen atoms in total. The lowest BCUT2D eigenvalue weighted by molar-refractivity contribution is -0.119. The van der Waals surface area contributed by atoms with E-state index in [0.717, 1.165) is 16.9 Å². The number of hydrogen-bond donors (Lipinski definition) is 2. The Labute approximate surface area is 89.4 Å². The van der Waals surface area contributed by atoms with Crippen molar-refractivity contribution in [1.29, 1.82) is 0 Å². The van der Waals surface area contributed by atoms with Crippen molar-refractivity contribution in [2.75, 3.05) is 13.7 Å². The molecule has 0 aliphatic carbocycles. The van der Waals surface area contributed by atoms with Gasteiger partial charge in [0.05, 0.1) is 13.7 Å². The van der Waals surface area contributed by atoms with Gasteiger partial charge in [-0.05, 0) is 24.1 Å². The van der Waals surface area contributed by atoms with E-state index in [1.165, 1.54) is 0 Å². The molecule has 0 fully saturated rings. The number of nitrogens with two attached hydrogens (primary N) is 1. The second kappa shape index (κ2) is 5.36. The third kappa shape index (κ3) is 3.25. The quantitative estimate of drug-likeness (QED) is 0.760. The van der Waals surface area contributed by atoms with Gasteiger partial charge in [0.25, 0.3) is 0 Å². The van der Waals surface area contributed by atoms with Crippen molar-refractivity contribution in [2.45, 2.75) is 13.5 Å². The van der Waals surface area contributed by atoms with Gasteiger partial charge in [0.15, 0.2) is 0 Å². The number of amides is 1. The highest BCUT2D eigenvalue weighted by atomic mass is 16.5. The standard InChI is InChI=1S/C11H16N2O2/c1-8-3-4-9(5-10(8)15-2)7-13-11(14)6-12/h3-5H,6-7,12H2,1-2H3,(H,13,14). The molecule has 0 saturated heterocycles. The molecule has 0 radical (unpaired) electrons. The van der Waals surface area contributed by atoms with E-state index in [1.54, 1.807) is 7.11 Å². The fourth-order valence-corrected chi connectivity index (χ4v) is 1.25. The number of rotatable bonds is 4. The maximum absolute atomic E-state index is 10.9. The van der Waals surface area contributed by atoms with Crippen LogP contribution in [0.5, 0.6) is 5.75 Å². The highest BCUT2D eigenvalue weighted by Gasteiger charge is 2.01. The second-order valence-electron chi connectivity index (χ2n) is 3.28. The Morgan fingerprint density at radius 1 is 1.53 bits per heavy atom. The summed E-state index contributed by atoms with van der Waals surface area (Å²) < 4.78 is 5.18. The van der Waals surface area contributed by atoms with Crippen molar-refractivity contribution >= 4 is 5.91 Å². The summed E-state index contributed by atoms with van der Waals surface area (Å²) in [6.07, 6.45) is 0. The monoisotopic (exact) mass is 208 g/mol. The minimum absolute atomic E-state index is 0.0169. The molecule has 0 bridgehead atoms. The summed E-state index contributed by atoms with van der Waals surface area (Å²) in [5.41, 5.74) is 7.25. The smallest absolute Gasteiger partial charge is 0.234 e. The summed E-state index contributed by atoms with van der Waals surface area (Å²) in [5, 5.41) is 2.70. The first-order valence-electron chi connectivity index (χ1n) is 4.77. The van der Waals surface area contributed by atoms with Gasteiger partial charge >= 0.3 is 0 Å². The van der Waals surface area contributed by atoms with Crippen LogP contribution in [0.3, 0.4) is 0 Å². The maximum Gasteiger partial charge on any atom is 0.234 e. The number of nitrogens with one attached hydrogen (secondary N) is 1. The molecule has 0 unspecified atom stereocenters. The van der Waals surface area contributed by atoms with Crippen LogP contribution in [0.2, 0.25) is 0 Å². The van der Waals surface area contributed by atoms with Gasteiger partial charge in [-0.25, -0.2) is 0 Å². The van der Waals surface area contributed by atoms with Crippen LogP contribution in [0.1, 0.15) is 11.1 Å². The summed E-state index contributed by atoms with van der Waals surface area (Å²) >= 11 is 0. The summed E-state index contributed by atoms with van der Waals surface area (Å²) in [5.74, 6) is 0.670. The zero-order valence-electron chi connectivity index (χ0n) is 9.04. The van der Waals surface area contributed by atoms with Crippen LogP contribution in [-0.2, 0) is 11.3 Å². The molecule has 15 heavy (non-hydrogen) atoms. The normalized spacial score (nSPS) is 9.80. The topological polar surface area (TPSA) is 64.3 Å². The maximum atomic E-state index is 10.9. The minimum Gasteiger partial charge on any atom is -0.496 e. The molecule has 0 saturated carbocycles. The fraction of sp³-hybridized carbons (Fsp3) is 0.364. The fourth-order valence-electron chi connectivity index (χ4n) is 1.25. The molecule has 3 N–H and O–H groups in total. The third-order valence-electron chi connectivity index (χ3n) is 2.15. The molecule has 82 valence electrons. The number of benzene rings is 1. The van der Waals surface area contributed by atoms with E-state index in [9.17, 15) is 4.79 Å². The van der Waals surface area contributed by atoms with Crippen LogP contribution in [-0.4, -0.2) is 19.6 Å². The van der Waals surface area contributed by atoms with Gasteiger partial charge in [-0.2, -0.15) is 0 Å². The lowest BCUT2D eigenvalue weighted by Crippen LogP contribution is -2.29. The molecule has 1 rings (SSSR count). The summed E-state index contributed by atoms with van der Waals surface area (Å²) in [7, 11) is 1.63. The van der Waals surface area contributed by atoms with E-state index < -0.39 is 0 Å². The summed E-state index contributed by atoms with van der Waals surface area (Å²) in [6, 6.07) is 5.82. The lowest BCUT2D eigenvalue weighted by atomic mass is 10.1. The van der Waals surface area contributed by atoms with Gasteiger partial charge in [-0.15, -0.1) is 0 Å². The Balaban J connectivity index is 2.66. The van der Waals surface area contributed by atoms with Crippen molar-refractivity contribution in [2.24, 2.45) is 5.73 Å². The highest BCUT2D eigenvalue weighted by molar-refractivity contribution is 5.77. The van der Waals surface area contributed by atoms with Crippen molar-refractivity contribution in [3.05, 3.63) is 29.3 Å². The Kier molecular flexibility index (Phi) is 4.12. The van der Waals surface area contributed by atoms with E-state index in [4.69, 9.17) is 10.5 Å². The summed E-state index contributed by atoms with van der Waals surface area (Å²) in [6.45, 7) is 2.47. The average molecular weight is 208 g/mol. The van der Waals surface area contributed by atoms with Crippen LogP contribution in [0.4, 0.5) is 0 Å². The van der Waals surface area contributed by atoms with Gasteiger partial charge in [0.2, 0.25) is 5.91 Å². The van der Waals surface area contributed by atoms with Crippen LogP contribution in [0.15, 0.2) is 18.2 Å². The van der Waals surface area contributed by atoms with E-state index >= 15 is 0 Å². The molecule has 0 aliphatic heterocycles. The lowest BCUT2D eigenvalue weighted by Gasteiger charge is -2.08. The first-order valence-corrected chi connectivity index (χ1v) is 4.77. The first-order chi connectivity index (χ1) is 7.17. The Morgan fingerprint density at radius 3 is 2.87 bits per heavy atom. The van der Waals surface area contributed by atoms with Gasteiger partial charge in [-0.1, -0.05) is 12.1 Å². The number of carbonyl (C=O) groups is 1. The van der Waals surface area contributed by atoms with Crippen molar-refractivity contribution in [3.63, 3.8) is 0 Å². The van der Waals surface area contributed by atoms with Crippen molar-refractivity contribution in [1.82, 2.24) is 5.32 Å². The van der Waals surface area contributed by atoms with E-state index in [0.29, 0.717) is 6.54 Å². The largest absolute Gasteiger partial charge is 0.496 e. The molecule has 1 amide bonds. The van der Waals surface area contributed by atoms with Crippen LogP contribution < -0.4 is 15.8 Å². The Morgan fingerprint density at radius 2 is 2.27 bits per heavy atom. The Bertz CT molecular complexity index is 350. The van der Waals surface area contributed by atoms with Crippen LogP contribution in [0.25, 0.3) is 0 Å².